The second-order valence-electron chi connectivity index (χ2n) is 8.93. The van der Waals surface area contributed by atoms with E-state index in [0.717, 1.165) is 44.0 Å². The molecule has 0 radical (unpaired) electrons. The van der Waals surface area contributed by atoms with Crippen molar-refractivity contribution in [1.29, 1.82) is 5.26 Å². The Kier molecular flexibility index (Phi) is 5.86. The molecule has 34 heavy (non-hydrogen) atoms. The SMILES string of the molecule is CS(=O)(=O)N1CCN(C(=O)c2cnc3cc(I)ccc3c2-c2ccc(C3(C#N)CC3)cc2)CC1. The van der Waals surface area contributed by atoms with Gasteiger partial charge in [-0.2, -0.15) is 9.57 Å². The minimum Gasteiger partial charge on any atom is -0.336 e. The smallest absolute Gasteiger partial charge is 0.256 e. The Bertz CT molecular complexity index is 1440. The fourth-order valence-corrected chi connectivity index (χ4v) is 5.88. The van der Waals surface area contributed by atoms with Gasteiger partial charge in [0.05, 0.1) is 28.8 Å². The fraction of sp³-hybridized carbons (Fsp3) is 0.320. The molecule has 1 amide bonds. The normalized spacial score (nSPS) is 18.0. The topological polar surface area (TPSA) is 94.4 Å². The van der Waals surface area contributed by atoms with Crippen LogP contribution in [0.5, 0.6) is 0 Å². The number of halogens is 1. The van der Waals surface area contributed by atoms with Gasteiger partial charge in [-0.1, -0.05) is 30.3 Å². The number of nitriles is 1. The number of amides is 1. The zero-order valence-corrected chi connectivity index (χ0v) is 21.6. The summed E-state index contributed by atoms with van der Waals surface area (Å²) in [5.41, 5.74) is 3.65. The first-order valence-corrected chi connectivity index (χ1v) is 14.0. The van der Waals surface area contributed by atoms with Gasteiger partial charge in [0.2, 0.25) is 10.0 Å². The maximum atomic E-state index is 13.6. The average Bonchev–Trinajstić information content (AvgIpc) is 3.64. The Morgan fingerprint density at radius 3 is 2.35 bits per heavy atom. The number of carbonyl (C=O) groups is 1. The highest BCUT2D eigenvalue weighted by Gasteiger charge is 2.44. The van der Waals surface area contributed by atoms with Crippen molar-refractivity contribution >= 4 is 49.4 Å². The third kappa shape index (κ3) is 4.19. The zero-order valence-electron chi connectivity index (χ0n) is 18.7. The van der Waals surface area contributed by atoms with E-state index < -0.39 is 10.0 Å². The molecule has 0 spiro atoms. The van der Waals surface area contributed by atoms with E-state index in [1.807, 2.05) is 42.5 Å². The van der Waals surface area contributed by atoms with Crippen LogP contribution in [0.2, 0.25) is 0 Å². The molecule has 1 saturated carbocycles. The summed E-state index contributed by atoms with van der Waals surface area (Å²) in [4.78, 5) is 19.9. The molecule has 7 nitrogen and oxygen atoms in total. The monoisotopic (exact) mass is 586 g/mol. The lowest BCUT2D eigenvalue weighted by molar-refractivity contribution is 0.0699. The van der Waals surface area contributed by atoms with Crippen molar-refractivity contribution < 1.29 is 13.2 Å². The second-order valence-corrected chi connectivity index (χ2v) is 12.2. The fourth-order valence-electron chi connectivity index (χ4n) is 4.58. The summed E-state index contributed by atoms with van der Waals surface area (Å²) in [6.45, 7) is 1.23. The van der Waals surface area contributed by atoms with Gasteiger partial charge >= 0.3 is 0 Å². The number of hydrogen-bond donors (Lipinski definition) is 0. The Hall–Kier alpha value is -2.55. The standard InChI is InChI=1S/C25H23IN4O3S/c1-34(32,33)30-12-10-29(11-13-30)24(31)21-15-28-22-14-19(26)6-7-20(22)23(21)17-2-4-18(5-3-17)25(16-27)8-9-25/h2-7,14-15H,8-13H2,1H3. The van der Waals surface area contributed by atoms with E-state index in [1.54, 1.807) is 11.1 Å². The van der Waals surface area contributed by atoms with Crippen LogP contribution in [0.1, 0.15) is 28.8 Å². The van der Waals surface area contributed by atoms with Crippen molar-refractivity contribution in [3.05, 3.63) is 63.4 Å². The molecular formula is C25H23IN4O3S. The predicted molar refractivity (Wildman–Crippen MR) is 139 cm³/mol. The first-order chi connectivity index (χ1) is 16.2. The lowest BCUT2D eigenvalue weighted by Gasteiger charge is -2.33. The van der Waals surface area contributed by atoms with Crippen LogP contribution in [0.4, 0.5) is 0 Å². The number of hydrogen-bond acceptors (Lipinski definition) is 5. The quantitative estimate of drug-likeness (QED) is 0.434. The van der Waals surface area contributed by atoms with Crippen molar-refractivity contribution in [3.8, 4) is 17.2 Å². The number of aromatic nitrogens is 1. The third-order valence-electron chi connectivity index (χ3n) is 6.75. The average molecular weight is 586 g/mol. The van der Waals surface area contributed by atoms with Gasteiger partial charge in [-0.05, 0) is 58.7 Å². The number of rotatable bonds is 4. The lowest BCUT2D eigenvalue weighted by Crippen LogP contribution is -2.50. The van der Waals surface area contributed by atoms with E-state index in [0.29, 0.717) is 18.7 Å². The van der Waals surface area contributed by atoms with Gasteiger partial charge in [-0.25, -0.2) is 8.42 Å². The van der Waals surface area contributed by atoms with Gasteiger partial charge in [0.25, 0.3) is 5.91 Å². The molecule has 0 atom stereocenters. The molecule has 2 aliphatic rings. The largest absolute Gasteiger partial charge is 0.336 e. The van der Waals surface area contributed by atoms with Gasteiger partial charge in [0.15, 0.2) is 0 Å². The minimum absolute atomic E-state index is 0.157. The molecule has 1 aliphatic heterocycles. The van der Waals surface area contributed by atoms with Crippen LogP contribution in [0.3, 0.4) is 0 Å². The van der Waals surface area contributed by atoms with Crippen molar-refractivity contribution in [1.82, 2.24) is 14.2 Å². The molecular weight excluding hydrogens is 563 g/mol. The predicted octanol–water partition coefficient (Wildman–Crippen LogP) is 3.78. The van der Waals surface area contributed by atoms with Crippen LogP contribution < -0.4 is 0 Å². The van der Waals surface area contributed by atoms with Gasteiger partial charge in [0.1, 0.15) is 0 Å². The number of fused-ring (bicyclic) bond motifs is 1. The van der Waals surface area contributed by atoms with Crippen LogP contribution in [-0.2, 0) is 15.4 Å². The number of sulfonamides is 1. The van der Waals surface area contributed by atoms with Crippen molar-refractivity contribution in [3.63, 3.8) is 0 Å². The molecule has 2 aromatic carbocycles. The Labute approximate surface area is 212 Å². The van der Waals surface area contributed by atoms with E-state index in [2.05, 4.69) is 33.6 Å². The molecule has 2 heterocycles. The third-order valence-corrected chi connectivity index (χ3v) is 8.72. The summed E-state index contributed by atoms with van der Waals surface area (Å²) in [7, 11) is -3.28. The molecule has 3 aromatic rings. The number of nitrogens with zero attached hydrogens (tertiary/aromatic N) is 4. The van der Waals surface area contributed by atoms with Gasteiger partial charge in [-0.15, -0.1) is 0 Å². The lowest BCUT2D eigenvalue weighted by atomic mass is 9.92. The molecule has 0 bridgehead atoms. The Morgan fingerprint density at radius 1 is 1.09 bits per heavy atom. The van der Waals surface area contributed by atoms with Crippen LogP contribution in [0.15, 0.2) is 48.7 Å². The highest BCUT2D eigenvalue weighted by Crippen LogP contribution is 2.48. The second kappa shape index (κ2) is 8.59. The summed E-state index contributed by atoms with van der Waals surface area (Å²) < 4.78 is 26.2. The summed E-state index contributed by atoms with van der Waals surface area (Å²) in [5.74, 6) is -0.157. The van der Waals surface area contributed by atoms with E-state index >= 15 is 0 Å². The summed E-state index contributed by atoms with van der Waals surface area (Å²) in [6.07, 6.45) is 4.58. The van der Waals surface area contributed by atoms with E-state index in [-0.39, 0.29) is 24.4 Å². The molecule has 174 valence electrons. The Balaban J connectivity index is 1.55. The highest BCUT2D eigenvalue weighted by molar-refractivity contribution is 14.1. The van der Waals surface area contributed by atoms with Crippen molar-refractivity contribution in [2.24, 2.45) is 0 Å². The first kappa shape index (κ1) is 23.2. The van der Waals surface area contributed by atoms with Crippen LogP contribution in [-0.4, -0.2) is 60.9 Å². The van der Waals surface area contributed by atoms with Crippen LogP contribution >= 0.6 is 22.6 Å². The van der Waals surface area contributed by atoms with Crippen LogP contribution in [0.25, 0.3) is 22.0 Å². The van der Waals surface area contributed by atoms with Gasteiger partial charge in [0, 0.05) is 46.9 Å². The summed E-state index contributed by atoms with van der Waals surface area (Å²) >= 11 is 2.24. The van der Waals surface area contributed by atoms with Gasteiger partial charge < -0.3 is 4.90 Å². The van der Waals surface area contributed by atoms with E-state index in [4.69, 9.17) is 0 Å². The molecule has 9 heteroatoms. The molecule has 1 aliphatic carbocycles. The maximum Gasteiger partial charge on any atom is 0.256 e. The van der Waals surface area contributed by atoms with E-state index in [1.165, 1.54) is 10.6 Å². The molecule has 0 N–H and O–H groups in total. The molecule has 1 saturated heterocycles. The summed E-state index contributed by atoms with van der Waals surface area (Å²) in [5, 5.41) is 10.4. The zero-order chi connectivity index (χ0) is 24.1. The number of pyridine rings is 1. The number of piperazine rings is 1. The maximum absolute atomic E-state index is 13.6. The summed E-state index contributed by atoms with van der Waals surface area (Å²) in [6, 6.07) is 16.4. The highest BCUT2D eigenvalue weighted by atomic mass is 127. The molecule has 1 aromatic heterocycles. The number of carbonyl (C=O) groups excluding carboxylic acids is 1. The van der Waals surface area contributed by atoms with Crippen molar-refractivity contribution in [2.75, 3.05) is 32.4 Å². The molecule has 0 unspecified atom stereocenters. The molecule has 2 fully saturated rings. The van der Waals surface area contributed by atoms with Crippen molar-refractivity contribution in [2.45, 2.75) is 18.3 Å². The van der Waals surface area contributed by atoms with Crippen LogP contribution in [0, 0.1) is 14.9 Å². The van der Waals surface area contributed by atoms with E-state index in [9.17, 15) is 18.5 Å². The minimum atomic E-state index is -3.28. The molecule has 5 rings (SSSR count). The first-order valence-electron chi connectivity index (χ1n) is 11.1. The van der Waals surface area contributed by atoms with Gasteiger partial charge in [-0.3, -0.25) is 9.78 Å². The number of benzene rings is 2. The Morgan fingerprint density at radius 2 is 1.76 bits per heavy atom.